The molecule has 1 saturated carbocycles. The van der Waals surface area contributed by atoms with Crippen LogP contribution >= 0.6 is 0 Å². The summed E-state index contributed by atoms with van der Waals surface area (Å²) in [7, 11) is 2.21. The Morgan fingerprint density at radius 2 is 1.77 bits per heavy atom. The third kappa shape index (κ3) is 4.24. The minimum Gasteiger partial charge on any atom is -0.316 e. The molecule has 2 heterocycles. The summed E-state index contributed by atoms with van der Waals surface area (Å²) in [5, 5.41) is 7.76. The summed E-state index contributed by atoms with van der Waals surface area (Å²) in [5.74, 6) is 1.84. The molecule has 214 valence electrons. The number of likely N-dealkylation sites (tertiary alicyclic amines) is 1. The lowest BCUT2D eigenvalue weighted by Gasteiger charge is -2.54. The predicted molar refractivity (Wildman–Crippen MR) is 166 cm³/mol. The van der Waals surface area contributed by atoms with Crippen LogP contribution < -0.4 is 10.6 Å². The molecule has 3 fully saturated rings. The Labute approximate surface area is 239 Å². The largest absolute Gasteiger partial charge is 0.316 e. The Bertz CT molecular complexity index is 1160. The lowest BCUT2D eigenvalue weighted by atomic mass is 9.55. The molecule has 0 spiro atoms. The fourth-order valence-electron chi connectivity index (χ4n) is 10.1. The van der Waals surface area contributed by atoms with E-state index < -0.39 is 0 Å². The summed E-state index contributed by atoms with van der Waals surface area (Å²) in [6.07, 6.45) is 18.5. The van der Waals surface area contributed by atoms with Crippen LogP contribution in [0.25, 0.3) is 0 Å². The Morgan fingerprint density at radius 3 is 2.49 bits per heavy atom. The van der Waals surface area contributed by atoms with Crippen molar-refractivity contribution in [2.45, 2.75) is 123 Å². The maximum Gasteiger partial charge on any atom is 0.0508 e. The second kappa shape index (κ2) is 10.1. The molecule has 0 aromatic carbocycles. The van der Waals surface area contributed by atoms with Crippen molar-refractivity contribution in [3.05, 3.63) is 57.2 Å². The Morgan fingerprint density at radius 1 is 1.00 bits per heavy atom. The van der Waals surface area contributed by atoms with Crippen LogP contribution in [0.15, 0.2) is 57.2 Å². The van der Waals surface area contributed by atoms with Gasteiger partial charge in [0.15, 0.2) is 0 Å². The van der Waals surface area contributed by atoms with Gasteiger partial charge in [-0.2, -0.15) is 0 Å². The highest BCUT2D eigenvalue weighted by atomic mass is 15.2. The van der Waals surface area contributed by atoms with Crippen LogP contribution in [0.1, 0.15) is 99.8 Å². The molecule has 2 aliphatic heterocycles. The van der Waals surface area contributed by atoms with Gasteiger partial charge in [0, 0.05) is 34.9 Å². The van der Waals surface area contributed by atoms with Crippen molar-refractivity contribution in [1.29, 1.82) is 0 Å². The normalized spacial score (nSPS) is 37.4. The zero-order chi connectivity index (χ0) is 27.7. The zero-order valence-electron chi connectivity index (χ0n) is 26.2. The standard InChI is InChI=1S/C36H55N3/c1-9-13-23-18-28-32(24-14-11-12-15-30(24)37-8)27-19-26-22(3)21-35(4,5)39(10-2)31(26)20-29(27)36(6,7)33(28)25-16-17-38-34(23)25/h18-20,22,24-25,30-31,34,37-38H,9-17,21H2,1-8H3. The third-order valence-electron chi connectivity index (χ3n) is 11.7. The molecule has 6 unspecified atom stereocenters. The second-order valence-electron chi connectivity index (χ2n) is 14.7. The van der Waals surface area contributed by atoms with E-state index >= 15 is 0 Å². The molecular formula is C36H55N3. The van der Waals surface area contributed by atoms with Gasteiger partial charge in [0.25, 0.3) is 0 Å². The first kappa shape index (κ1) is 27.7. The van der Waals surface area contributed by atoms with Gasteiger partial charge in [-0.25, -0.2) is 0 Å². The van der Waals surface area contributed by atoms with Crippen molar-refractivity contribution in [1.82, 2.24) is 15.5 Å². The maximum atomic E-state index is 3.96. The smallest absolute Gasteiger partial charge is 0.0508 e. The number of likely N-dealkylation sites (N-methyl/N-ethyl adjacent to an activating group) is 1. The molecule has 0 bridgehead atoms. The maximum absolute atomic E-state index is 3.96. The first-order valence-corrected chi connectivity index (χ1v) is 16.4. The van der Waals surface area contributed by atoms with Gasteiger partial charge in [0.1, 0.15) is 0 Å². The van der Waals surface area contributed by atoms with E-state index in [4.69, 9.17) is 0 Å². The summed E-state index contributed by atoms with van der Waals surface area (Å²) in [4.78, 5) is 2.79. The average Bonchev–Trinajstić information content (AvgIpc) is 3.38. The summed E-state index contributed by atoms with van der Waals surface area (Å²) in [5.41, 5.74) is 12.0. The predicted octanol–water partition coefficient (Wildman–Crippen LogP) is 7.49. The SMILES string of the molecule is CCCC1=CC2=C(C3CCNC13)C(C)(C)C1=CC3C(=CC1=C2C1CCCCC1NC)C(C)CC(C)(C)N3CC. The lowest BCUT2D eigenvalue weighted by molar-refractivity contribution is 0.0578. The van der Waals surface area contributed by atoms with Gasteiger partial charge in [0.2, 0.25) is 0 Å². The lowest BCUT2D eigenvalue weighted by Crippen LogP contribution is -2.56. The summed E-state index contributed by atoms with van der Waals surface area (Å²) in [6, 6.07) is 1.54. The van der Waals surface area contributed by atoms with Gasteiger partial charge < -0.3 is 10.6 Å². The van der Waals surface area contributed by atoms with Crippen LogP contribution in [0.4, 0.5) is 0 Å². The zero-order valence-corrected chi connectivity index (χ0v) is 26.2. The van der Waals surface area contributed by atoms with Crippen LogP contribution in [0, 0.1) is 23.2 Å². The van der Waals surface area contributed by atoms with Crippen LogP contribution in [-0.4, -0.2) is 48.7 Å². The molecule has 0 aromatic rings. The van der Waals surface area contributed by atoms with E-state index in [0.717, 1.165) is 13.1 Å². The number of piperidine rings is 1. The second-order valence-corrected chi connectivity index (χ2v) is 14.7. The van der Waals surface area contributed by atoms with Gasteiger partial charge in [0.05, 0.1) is 6.04 Å². The van der Waals surface area contributed by atoms with E-state index in [1.807, 2.05) is 0 Å². The number of fused-ring (bicyclic) bond motifs is 4. The topological polar surface area (TPSA) is 27.3 Å². The van der Waals surface area contributed by atoms with E-state index in [-0.39, 0.29) is 11.0 Å². The fourth-order valence-corrected chi connectivity index (χ4v) is 10.1. The van der Waals surface area contributed by atoms with E-state index in [1.165, 1.54) is 51.4 Å². The van der Waals surface area contributed by atoms with E-state index in [0.29, 0.717) is 35.9 Å². The van der Waals surface area contributed by atoms with Gasteiger partial charge in [-0.3, -0.25) is 4.90 Å². The van der Waals surface area contributed by atoms with Crippen molar-refractivity contribution in [2.24, 2.45) is 23.2 Å². The highest BCUT2D eigenvalue weighted by molar-refractivity contribution is 5.70. The minimum atomic E-state index is 0.0490. The summed E-state index contributed by atoms with van der Waals surface area (Å²) >= 11 is 0. The van der Waals surface area contributed by atoms with Gasteiger partial charge >= 0.3 is 0 Å². The van der Waals surface area contributed by atoms with Crippen molar-refractivity contribution < 1.29 is 0 Å². The highest BCUT2D eigenvalue weighted by Gasteiger charge is 2.51. The summed E-state index contributed by atoms with van der Waals surface area (Å²) in [6.45, 7) is 19.6. The van der Waals surface area contributed by atoms with Crippen molar-refractivity contribution in [2.75, 3.05) is 20.1 Å². The van der Waals surface area contributed by atoms with Crippen LogP contribution in [0.5, 0.6) is 0 Å². The number of nitrogens with one attached hydrogen (secondary N) is 2. The average molecular weight is 530 g/mol. The van der Waals surface area contributed by atoms with Crippen molar-refractivity contribution in [3.8, 4) is 0 Å². The molecule has 6 aliphatic rings. The molecule has 2 saturated heterocycles. The molecule has 0 amide bonds. The number of hydrogen-bond acceptors (Lipinski definition) is 3. The third-order valence-corrected chi connectivity index (χ3v) is 11.7. The Hall–Kier alpha value is -1.42. The fraction of sp³-hybridized carbons (Fsp3) is 0.722. The first-order valence-electron chi connectivity index (χ1n) is 16.4. The molecular weight excluding hydrogens is 474 g/mol. The van der Waals surface area contributed by atoms with Gasteiger partial charge in [-0.1, -0.05) is 77.7 Å². The summed E-state index contributed by atoms with van der Waals surface area (Å²) < 4.78 is 0. The number of nitrogens with zero attached hydrogens (tertiary/aromatic N) is 1. The monoisotopic (exact) mass is 529 g/mol. The molecule has 0 radical (unpaired) electrons. The van der Waals surface area contributed by atoms with E-state index in [1.54, 1.807) is 39.0 Å². The molecule has 6 atom stereocenters. The van der Waals surface area contributed by atoms with Gasteiger partial charge in [-0.05, 0) is 105 Å². The molecule has 4 aliphatic carbocycles. The van der Waals surface area contributed by atoms with Crippen LogP contribution in [0.3, 0.4) is 0 Å². The van der Waals surface area contributed by atoms with Crippen LogP contribution in [0.2, 0.25) is 0 Å². The highest BCUT2D eigenvalue weighted by Crippen LogP contribution is 2.59. The number of rotatable bonds is 5. The van der Waals surface area contributed by atoms with Crippen molar-refractivity contribution in [3.63, 3.8) is 0 Å². The number of hydrogen-bond donors (Lipinski definition) is 2. The molecule has 3 nitrogen and oxygen atoms in total. The van der Waals surface area contributed by atoms with E-state index in [9.17, 15) is 0 Å². The molecule has 6 rings (SSSR count). The van der Waals surface area contributed by atoms with Crippen molar-refractivity contribution >= 4 is 0 Å². The quantitative estimate of drug-likeness (QED) is 0.386. The Kier molecular flexibility index (Phi) is 7.21. The minimum absolute atomic E-state index is 0.0490. The molecule has 39 heavy (non-hydrogen) atoms. The first-order chi connectivity index (χ1) is 18.6. The van der Waals surface area contributed by atoms with Gasteiger partial charge in [-0.15, -0.1) is 0 Å². The van der Waals surface area contributed by atoms with E-state index in [2.05, 4.69) is 89.3 Å². The number of allylic oxidation sites excluding steroid dienone is 5. The Balaban J connectivity index is 1.62. The molecule has 0 aromatic heterocycles. The molecule has 2 N–H and O–H groups in total. The molecule has 3 heteroatoms. The van der Waals surface area contributed by atoms with Crippen LogP contribution in [-0.2, 0) is 0 Å².